The van der Waals surface area contributed by atoms with Crippen molar-refractivity contribution in [3.63, 3.8) is 0 Å². The van der Waals surface area contributed by atoms with Crippen molar-refractivity contribution >= 4 is 11.6 Å². The molecule has 0 aliphatic heterocycles. The summed E-state index contributed by atoms with van der Waals surface area (Å²) in [7, 11) is 0. The van der Waals surface area contributed by atoms with E-state index in [1.54, 1.807) is 12.1 Å². The van der Waals surface area contributed by atoms with Crippen molar-refractivity contribution in [1.82, 2.24) is 0 Å². The van der Waals surface area contributed by atoms with Crippen LogP contribution in [0.5, 0.6) is 0 Å². The lowest BCUT2D eigenvalue weighted by Crippen LogP contribution is -1.89. The fourth-order valence-electron chi connectivity index (χ4n) is 1.66. The molecule has 0 amide bonds. The molecule has 0 fully saturated rings. The molecule has 0 heterocycles. The fourth-order valence-corrected chi connectivity index (χ4v) is 1.94. The average Bonchev–Trinajstić information content (AvgIpc) is 2.38. The third-order valence-electron chi connectivity index (χ3n) is 2.51. The Bertz CT molecular complexity index is 676. The van der Waals surface area contributed by atoms with Gasteiger partial charge in [-0.25, -0.2) is 4.39 Å². The molecule has 0 N–H and O–H groups in total. The summed E-state index contributed by atoms with van der Waals surface area (Å²) in [6.07, 6.45) is 0. The van der Waals surface area contributed by atoms with Gasteiger partial charge in [0.05, 0.1) is 16.1 Å². The van der Waals surface area contributed by atoms with Crippen LogP contribution in [-0.2, 0) is 0 Å². The second kappa shape index (κ2) is 4.87. The van der Waals surface area contributed by atoms with E-state index in [2.05, 4.69) is 0 Å². The summed E-state index contributed by atoms with van der Waals surface area (Å²) in [6, 6.07) is 12.7. The Balaban J connectivity index is 2.67. The maximum absolute atomic E-state index is 13.7. The zero-order valence-corrected chi connectivity index (χ0v) is 9.87. The Morgan fingerprint density at radius 1 is 1.00 bits per heavy atom. The smallest absolute Gasteiger partial charge is 0.132 e. The lowest BCUT2D eigenvalue weighted by Gasteiger charge is -2.06. The zero-order valence-electron chi connectivity index (χ0n) is 9.11. The maximum Gasteiger partial charge on any atom is 0.132 e. The third kappa shape index (κ3) is 2.05. The molecule has 86 valence electrons. The van der Waals surface area contributed by atoms with Gasteiger partial charge in [0.2, 0.25) is 0 Å². The number of nitrogens with zero attached hydrogens (tertiary/aromatic N) is 2. The number of rotatable bonds is 1. The molecule has 2 rings (SSSR count). The van der Waals surface area contributed by atoms with Gasteiger partial charge < -0.3 is 0 Å². The van der Waals surface area contributed by atoms with Crippen molar-refractivity contribution in [1.29, 1.82) is 10.5 Å². The first-order valence-corrected chi connectivity index (χ1v) is 5.44. The van der Waals surface area contributed by atoms with Gasteiger partial charge in [0.1, 0.15) is 18.0 Å². The molecular formula is C14H6ClFN2. The van der Waals surface area contributed by atoms with E-state index in [9.17, 15) is 4.39 Å². The largest absolute Gasteiger partial charge is 0.206 e. The van der Waals surface area contributed by atoms with E-state index in [0.29, 0.717) is 5.56 Å². The lowest BCUT2D eigenvalue weighted by molar-refractivity contribution is 0.631. The first kappa shape index (κ1) is 12.1. The molecule has 4 heteroatoms. The van der Waals surface area contributed by atoms with Crippen molar-refractivity contribution in [2.75, 3.05) is 0 Å². The van der Waals surface area contributed by atoms with Gasteiger partial charge in [0.25, 0.3) is 0 Å². The summed E-state index contributed by atoms with van der Waals surface area (Å²) < 4.78 is 13.7. The van der Waals surface area contributed by atoms with Gasteiger partial charge in [-0.1, -0.05) is 23.7 Å². The topological polar surface area (TPSA) is 47.6 Å². The molecule has 0 aliphatic rings. The van der Waals surface area contributed by atoms with Crippen molar-refractivity contribution in [3.8, 4) is 23.3 Å². The van der Waals surface area contributed by atoms with E-state index in [0.717, 1.165) is 0 Å². The fraction of sp³-hybridized carbons (Fsp3) is 0. The van der Waals surface area contributed by atoms with Crippen LogP contribution in [0.25, 0.3) is 11.1 Å². The Morgan fingerprint density at radius 2 is 1.72 bits per heavy atom. The molecule has 0 radical (unpaired) electrons. The number of hydrogen-bond acceptors (Lipinski definition) is 2. The molecule has 2 aromatic rings. The molecule has 0 saturated carbocycles. The lowest BCUT2D eigenvalue weighted by atomic mass is 10.00. The van der Waals surface area contributed by atoms with E-state index in [-0.39, 0.29) is 21.7 Å². The number of nitriles is 2. The van der Waals surface area contributed by atoms with Gasteiger partial charge >= 0.3 is 0 Å². The maximum atomic E-state index is 13.7. The Kier molecular flexibility index (Phi) is 3.28. The van der Waals surface area contributed by atoms with Crippen LogP contribution < -0.4 is 0 Å². The van der Waals surface area contributed by atoms with Crippen molar-refractivity contribution < 1.29 is 4.39 Å². The highest BCUT2D eigenvalue weighted by molar-refractivity contribution is 6.33. The van der Waals surface area contributed by atoms with Crippen molar-refractivity contribution in [3.05, 3.63) is 58.4 Å². The van der Waals surface area contributed by atoms with Crippen molar-refractivity contribution in [2.45, 2.75) is 0 Å². The van der Waals surface area contributed by atoms with Crippen LogP contribution >= 0.6 is 11.6 Å². The van der Waals surface area contributed by atoms with Crippen LogP contribution in [0.4, 0.5) is 4.39 Å². The monoisotopic (exact) mass is 256 g/mol. The minimum atomic E-state index is -0.462. The Labute approximate surface area is 108 Å². The highest BCUT2D eigenvalue weighted by atomic mass is 35.5. The second-order valence-corrected chi connectivity index (χ2v) is 3.99. The van der Waals surface area contributed by atoms with Gasteiger partial charge in [-0.3, -0.25) is 0 Å². The summed E-state index contributed by atoms with van der Waals surface area (Å²) in [5, 5.41) is 18.0. The number of halogens is 2. The summed E-state index contributed by atoms with van der Waals surface area (Å²) >= 11 is 5.95. The Hall–Kier alpha value is -2.36. The van der Waals surface area contributed by atoms with Crippen LogP contribution in [0.15, 0.2) is 36.4 Å². The van der Waals surface area contributed by atoms with Gasteiger partial charge in [0.15, 0.2) is 0 Å². The van der Waals surface area contributed by atoms with Crippen molar-refractivity contribution in [2.24, 2.45) is 0 Å². The van der Waals surface area contributed by atoms with Gasteiger partial charge in [-0.2, -0.15) is 10.5 Å². The number of benzene rings is 2. The average molecular weight is 257 g/mol. The molecule has 2 aromatic carbocycles. The van der Waals surface area contributed by atoms with E-state index in [4.69, 9.17) is 22.1 Å². The summed E-state index contributed by atoms with van der Waals surface area (Å²) in [5.41, 5.74) is 1.18. The molecule has 18 heavy (non-hydrogen) atoms. The predicted octanol–water partition coefficient (Wildman–Crippen LogP) is 3.89. The predicted molar refractivity (Wildman–Crippen MR) is 66.3 cm³/mol. The highest BCUT2D eigenvalue weighted by Gasteiger charge is 2.11. The van der Waals surface area contributed by atoms with E-state index < -0.39 is 5.82 Å². The van der Waals surface area contributed by atoms with Crippen LogP contribution in [0, 0.1) is 28.5 Å². The first-order valence-electron chi connectivity index (χ1n) is 5.06. The molecule has 0 saturated heterocycles. The molecule has 0 unspecified atom stereocenters. The van der Waals surface area contributed by atoms with Gasteiger partial charge in [0, 0.05) is 5.56 Å². The van der Waals surface area contributed by atoms with E-state index in [1.807, 2.05) is 12.1 Å². The zero-order chi connectivity index (χ0) is 13.1. The third-order valence-corrected chi connectivity index (χ3v) is 2.83. The van der Waals surface area contributed by atoms with Crippen LogP contribution in [0.3, 0.4) is 0 Å². The molecular weight excluding hydrogens is 251 g/mol. The second-order valence-electron chi connectivity index (χ2n) is 3.58. The van der Waals surface area contributed by atoms with E-state index >= 15 is 0 Å². The minimum Gasteiger partial charge on any atom is -0.206 e. The van der Waals surface area contributed by atoms with Crippen LogP contribution in [-0.4, -0.2) is 0 Å². The van der Waals surface area contributed by atoms with Crippen LogP contribution in [0.1, 0.15) is 11.1 Å². The summed E-state index contributed by atoms with van der Waals surface area (Å²) in [4.78, 5) is 0. The first-order chi connectivity index (χ1) is 8.67. The molecule has 0 aliphatic carbocycles. The molecule has 0 spiro atoms. The van der Waals surface area contributed by atoms with Crippen LogP contribution in [0.2, 0.25) is 5.02 Å². The van der Waals surface area contributed by atoms with Gasteiger partial charge in [-0.15, -0.1) is 0 Å². The quantitative estimate of drug-likeness (QED) is 0.777. The minimum absolute atomic E-state index is 0.203. The molecule has 0 aromatic heterocycles. The summed E-state index contributed by atoms with van der Waals surface area (Å²) in [5.74, 6) is -0.462. The standard InChI is InChI=1S/C14H6ClFN2/c15-12-2-1-3-13(16)14(12)9-4-5-10(7-17)11(6-9)8-18/h1-6H. The number of hydrogen-bond donors (Lipinski definition) is 0. The normalized spacial score (nSPS) is 9.56. The molecule has 0 atom stereocenters. The highest BCUT2D eigenvalue weighted by Crippen LogP contribution is 2.31. The molecule has 0 bridgehead atoms. The Morgan fingerprint density at radius 3 is 2.33 bits per heavy atom. The molecule has 2 nitrogen and oxygen atoms in total. The van der Waals surface area contributed by atoms with E-state index in [1.165, 1.54) is 24.3 Å². The summed E-state index contributed by atoms with van der Waals surface area (Å²) in [6.45, 7) is 0. The van der Waals surface area contributed by atoms with Gasteiger partial charge in [-0.05, 0) is 29.8 Å². The SMILES string of the molecule is N#Cc1ccc(-c2c(F)cccc2Cl)cc1C#N.